The average molecular weight is 240 g/mol. The van der Waals surface area contributed by atoms with Crippen LogP contribution in [0.15, 0.2) is 10.9 Å². The van der Waals surface area contributed by atoms with Crippen LogP contribution in [0.5, 0.6) is 0 Å². The summed E-state index contributed by atoms with van der Waals surface area (Å²) < 4.78 is 5.60. The molecule has 16 heavy (non-hydrogen) atoms. The molecule has 2 heterocycles. The van der Waals surface area contributed by atoms with Gasteiger partial charge in [-0.3, -0.25) is 4.79 Å². The third-order valence-electron chi connectivity index (χ3n) is 2.49. The lowest BCUT2D eigenvalue weighted by molar-refractivity contribution is 0.0690. The zero-order valence-corrected chi connectivity index (χ0v) is 10.3. The van der Waals surface area contributed by atoms with E-state index in [0.29, 0.717) is 5.82 Å². The normalized spacial score (nSPS) is 21.3. The molecule has 1 aliphatic heterocycles. The maximum absolute atomic E-state index is 11.5. The first-order valence-corrected chi connectivity index (χ1v) is 6.63. The van der Waals surface area contributed by atoms with Crippen molar-refractivity contribution in [1.82, 2.24) is 9.97 Å². The second-order valence-electron chi connectivity index (χ2n) is 4.14. The zero-order valence-electron chi connectivity index (χ0n) is 9.53. The Morgan fingerprint density at radius 1 is 1.62 bits per heavy atom. The molecular weight excluding hydrogens is 224 g/mol. The van der Waals surface area contributed by atoms with Gasteiger partial charge in [0.1, 0.15) is 11.9 Å². The topological polar surface area (TPSA) is 55.0 Å². The second kappa shape index (κ2) is 5.01. The number of nitrogens with one attached hydrogen (secondary N) is 1. The molecule has 5 heteroatoms. The minimum atomic E-state index is -0.0899. The summed E-state index contributed by atoms with van der Waals surface area (Å²) in [5, 5.41) is 0. The van der Waals surface area contributed by atoms with Gasteiger partial charge in [-0.05, 0) is 5.92 Å². The molecule has 4 nitrogen and oxygen atoms in total. The predicted molar refractivity (Wildman–Crippen MR) is 65.0 cm³/mol. The highest BCUT2D eigenvalue weighted by Gasteiger charge is 2.19. The van der Waals surface area contributed by atoms with E-state index in [0.717, 1.165) is 23.8 Å². The van der Waals surface area contributed by atoms with E-state index in [2.05, 4.69) is 9.97 Å². The quantitative estimate of drug-likeness (QED) is 0.855. The highest BCUT2D eigenvalue weighted by Crippen LogP contribution is 2.24. The fraction of sp³-hybridized carbons (Fsp3) is 0.636. The molecule has 1 aromatic heterocycles. The molecule has 1 atom stereocenters. The molecule has 0 bridgehead atoms. The van der Waals surface area contributed by atoms with Gasteiger partial charge in [0, 0.05) is 17.6 Å². The summed E-state index contributed by atoms with van der Waals surface area (Å²) in [6.45, 7) is 4.79. The Balaban J connectivity index is 2.29. The number of thioether (sulfide) groups is 1. The number of aromatic nitrogens is 2. The fourth-order valence-electron chi connectivity index (χ4n) is 1.59. The van der Waals surface area contributed by atoms with Crippen LogP contribution in [0.2, 0.25) is 0 Å². The van der Waals surface area contributed by atoms with Gasteiger partial charge in [-0.2, -0.15) is 11.8 Å². The predicted octanol–water partition coefficient (Wildman–Crippen LogP) is 1.70. The Labute approximate surface area is 98.8 Å². The van der Waals surface area contributed by atoms with Crippen LogP contribution in [0.1, 0.15) is 37.4 Å². The van der Waals surface area contributed by atoms with E-state index >= 15 is 0 Å². The van der Waals surface area contributed by atoms with Crippen LogP contribution in [0.4, 0.5) is 0 Å². The van der Waals surface area contributed by atoms with Crippen LogP contribution in [-0.4, -0.2) is 28.1 Å². The first-order chi connectivity index (χ1) is 7.66. The number of H-pyrrole nitrogens is 1. The number of hydrogen-bond donors (Lipinski definition) is 1. The van der Waals surface area contributed by atoms with E-state index in [1.54, 1.807) is 6.07 Å². The van der Waals surface area contributed by atoms with Crippen LogP contribution in [-0.2, 0) is 4.74 Å². The van der Waals surface area contributed by atoms with E-state index in [1.807, 2.05) is 25.6 Å². The molecule has 1 N–H and O–H groups in total. The lowest BCUT2D eigenvalue weighted by Crippen LogP contribution is -2.22. The fourth-order valence-corrected chi connectivity index (χ4v) is 2.44. The van der Waals surface area contributed by atoms with Crippen molar-refractivity contribution in [3.05, 3.63) is 27.9 Å². The van der Waals surface area contributed by atoms with Crippen LogP contribution >= 0.6 is 11.8 Å². The van der Waals surface area contributed by atoms with Crippen molar-refractivity contribution in [3.63, 3.8) is 0 Å². The van der Waals surface area contributed by atoms with Gasteiger partial charge in [0.25, 0.3) is 5.56 Å². The molecule has 88 valence electrons. The monoisotopic (exact) mass is 240 g/mol. The molecule has 0 spiro atoms. The zero-order chi connectivity index (χ0) is 11.5. The summed E-state index contributed by atoms with van der Waals surface area (Å²) in [7, 11) is 0. The highest BCUT2D eigenvalue weighted by molar-refractivity contribution is 7.99. The van der Waals surface area contributed by atoms with Crippen molar-refractivity contribution in [3.8, 4) is 0 Å². The molecule has 0 saturated carbocycles. The lowest BCUT2D eigenvalue weighted by atomic mass is 10.1. The van der Waals surface area contributed by atoms with Gasteiger partial charge >= 0.3 is 0 Å². The lowest BCUT2D eigenvalue weighted by Gasteiger charge is -2.21. The molecular formula is C11H16N2O2S. The molecule has 1 fully saturated rings. The molecule has 0 aromatic carbocycles. The number of rotatable bonds is 2. The van der Waals surface area contributed by atoms with Crippen molar-refractivity contribution in [2.24, 2.45) is 0 Å². The van der Waals surface area contributed by atoms with E-state index in [1.165, 1.54) is 0 Å². The van der Waals surface area contributed by atoms with Gasteiger partial charge in [-0.15, -0.1) is 0 Å². The summed E-state index contributed by atoms with van der Waals surface area (Å²) in [5.41, 5.74) is 0.741. The number of nitrogens with zero attached hydrogens (tertiary/aromatic N) is 1. The third kappa shape index (κ3) is 2.65. The number of hydrogen-bond acceptors (Lipinski definition) is 4. The molecule has 1 aliphatic rings. The third-order valence-corrected chi connectivity index (χ3v) is 3.49. The SMILES string of the molecule is CC(C)c1cc(=O)[nH]c(C2CSCCO2)n1. The summed E-state index contributed by atoms with van der Waals surface area (Å²) in [4.78, 5) is 18.7. The van der Waals surface area contributed by atoms with Gasteiger partial charge in [0.05, 0.1) is 12.3 Å². The summed E-state index contributed by atoms with van der Waals surface area (Å²) in [5.74, 6) is 2.82. The van der Waals surface area contributed by atoms with Crippen LogP contribution in [0.25, 0.3) is 0 Å². The van der Waals surface area contributed by atoms with E-state index in [9.17, 15) is 4.79 Å². The smallest absolute Gasteiger partial charge is 0.251 e. The highest BCUT2D eigenvalue weighted by atomic mass is 32.2. The first-order valence-electron chi connectivity index (χ1n) is 5.47. The van der Waals surface area contributed by atoms with Crippen molar-refractivity contribution < 1.29 is 4.74 Å². The van der Waals surface area contributed by atoms with Crippen molar-refractivity contribution in [1.29, 1.82) is 0 Å². The Morgan fingerprint density at radius 2 is 2.44 bits per heavy atom. The minimum absolute atomic E-state index is 0.0647. The van der Waals surface area contributed by atoms with E-state index in [4.69, 9.17) is 4.74 Å². The molecule has 1 unspecified atom stereocenters. The van der Waals surface area contributed by atoms with Crippen LogP contribution < -0.4 is 5.56 Å². The Kier molecular flexibility index (Phi) is 3.66. The standard InChI is InChI=1S/C11H16N2O2S/c1-7(2)8-5-10(14)13-11(12-8)9-6-16-4-3-15-9/h5,7,9H,3-4,6H2,1-2H3,(H,12,13,14). The maximum atomic E-state index is 11.5. The van der Waals surface area contributed by atoms with Crippen LogP contribution in [0.3, 0.4) is 0 Å². The van der Waals surface area contributed by atoms with E-state index < -0.39 is 0 Å². The minimum Gasteiger partial charge on any atom is -0.369 e. The Morgan fingerprint density at radius 3 is 3.06 bits per heavy atom. The molecule has 1 saturated heterocycles. The molecule has 0 aliphatic carbocycles. The van der Waals surface area contributed by atoms with E-state index in [-0.39, 0.29) is 17.6 Å². The van der Waals surface area contributed by atoms with Gasteiger partial charge < -0.3 is 9.72 Å². The second-order valence-corrected chi connectivity index (χ2v) is 5.29. The molecule has 1 aromatic rings. The molecule has 0 amide bonds. The Bertz CT molecular complexity index is 411. The van der Waals surface area contributed by atoms with Gasteiger partial charge in [-0.1, -0.05) is 13.8 Å². The van der Waals surface area contributed by atoms with Gasteiger partial charge in [0.2, 0.25) is 0 Å². The summed E-state index contributed by atoms with van der Waals surface area (Å²) in [6.07, 6.45) is -0.0647. The first kappa shape index (κ1) is 11.7. The van der Waals surface area contributed by atoms with Crippen molar-refractivity contribution >= 4 is 11.8 Å². The number of ether oxygens (including phenoxy) is 1. The molecule has 2 rings (SSSR count). The molecule has 0 radical (unpaired) electrons. The summed E-state index contributed by atoms with van der Waals surface area (Å²) >= 11 is 1.83. The van der Waals surface area contributed by atoms with Crippen molar-refractivity contribution in [2.45, 2.75) is 25.9 Å². The largest absolute Gasteiger partial charge is 0.369 e. The van der Waals surface area contributed by atoms with Crippen LogP contribution in [0, 0.1) is 0 Å². The van der Waals surface area contributed by atoms with Gasteiger partial charge in [-0.25, -0.2) is 4.98 Å². The maximum Gasteiger partial charge on any atom is 0.251 e. The van der Waals surface area contributed by atoms with Crippen molar-refractivity contribution in [2.75, 3.05) is 18.1 Å². The summed E-state index contributed by atoms with van der Waals surface area (Å²) in [6, 6.07) is 1.56. The Hall–Kier alpha value is -0.810. The number of aromatic amines is 1. The van der Waals surface area contributed by atoms with Gasteiger partial charge in [0.15, 0.2) is 0 Å². The average Bonchev–Trinajstić information content (AvgIpc) is 2.29.